The van der Waals surface area contributed by atoms with Crippen LogP contribution in [-0.4, -0.2) is 30.0 Å². The van der Waals surface area contributed by atoms with Crippen LogP contribution in [0.25, 0.3) is 0 Å². The van der Waals surface area contributed by atoms with Crippen LogP contribution in [0.2, 0.25) is 0 Å². The number of aliphatic hydroxyl groups is 1. The molecule has 1 aliphatic rings. The molecule has 0 spiro atoms. The van der Waals surface area contributed by atoms with Gasteiger partial charge in [-0.05, 0) is 24.1 Å². The average Bonchev–Trinajstić information content (AvgIpc) is 2.97. The first-order valence-electron chi connectivity index (χ1n) is 8.36. The summed E-state index contributed by atoms with van der Waals surface area (Å²) in [6.07, 6.45) is 0. The van der Waals surface area contributed by atoms with E-state index in [-0.39, 0.29) is 12.5 Å². The highest BCUT2D eigenvalue weighted by molar-refractivity contribution is 6.40. The number of carbonyl (C=O) groups is 2. The van der Waals surface area contributed by atoms with Gasteiger partial charge in [0.1, 0.15) is 5.60 Å². The first-order valence-corrected chi connectivity index (χ1v) is 8.36. The van der Waals surface area contributed by atoms with Gasteiger partial charge in [-0.15, -0.1) is 0 Å². The molecule has 0 saturated heterocycles. The summed E-state index contributed by atoms with van der Waals surface area (Å²) in [5.41, 5.74) is 1.29. The largest absolute Gasteiger partial charge is 0.384 e. The van der Waals surface area contributed by atoms with Crippen molar-refractivity contribution in [2.45, 2.75) is 25.4 Å². The van der Waals surface area contributed by atoms with Gasteiger partial charge in [0.15, 0.2) is 0 Å². The zero-order chi connectivity index (χ0) is 18.0. The molecule has 0 fully saturated rings. The third-order valence-corrected chi connectivity index (χ3v) is 4.64. The van der Waals surface area contributed by atoms with Gasteiger partial charge >= 0.3 is 11.8 Å². The lowest BCUT2D eigenvalue weighted by Crippen LogP contribution is -2.46. The van der Waals surface area contributed by atoms with E-state index in [2.05, 4.69) is 5.32 Å². The summed E-state index contributed by atoms with van der Waals surface area (Å²) >= 11 is 0. The van der Waals surface area contributed by atoms with Gasteiger partial charge in [-0.3, -0.25) is 9.59 Å². The van der Waals surface area contributed by atoms with E-state index in [4.69, 9.17) is 0 Å². The summed E-state index contributed by atoms with van der Waals surface area (Å²) < 4.78 is 0. The summed E-state index contributed by atoms with van der Waals surface area (Å²) in [6, 6.07) is 16.7. The Labute approximate surface area is 147 Å². The van der Waals surface area contributed by atoms with Crippen molar-refractivity contribution < 1.29 is 14.7 Å². The van der Waals surface area contributed by atoms with Crippen LogP contribution < -0.4 is 10.2 Å². The number of benzene rings is 2. The minimum atomic E-state index is -1.24. The number of fused-ring (bicyclic) bond motifs is 1. The van der Waals surface area contributed by atoms with E-state index in [0.717, 1.165) is 11.3 Å². The summed E-state index contributed by atoms with van der Waals surface area (Å²) in [4.78, 5) is 26.4. The smallest absolute Gasteiger partial charge is 0.316 e. The highest BCUT2D eigenvalue weighted by atomic mass is 16.3. The Balaban J connectivity index is 1.67. The molecule has 0 radical (unpaired) electrons. The second-order valence-electron chi connectivity index (χ2n) is 6.70. The maximum absolute atomic E-state index is 12.5. The molecule has 2 atom stereocenters. The third-order valence-electron chi connectivity index (χ3n) is 4.64. The molecular formula is C20H22N2O3. The molecular weight excluding hydrogens is 316 g/mol. The Hall–Kier alpha value is -2.66. The Morgan fingerprint density at radius 1 is 1.16 bits per heavy atom. The molecule has 25 heavy (non-hydrogen) atoms. The first-order chi connectivity index (χ1) is 11.9. The number of rotatable bonds is 3. The maximum Gasteiger partial charge on any atom is 0.316 e. The van der Waals surface area contributed by atoms with Gasteiger partial charge in [0.25, 0.3) is 0 Å². The van der Waals surface area contributed by atoms with Crippen LogP contribution in [-0.2, 0) is 15.2 Å². The van der Waals surface area contributed by atoms with E-state index in [1.54, 1.807) is 19.1 Å². The minimum absolute atomic E-state index is 0.0351. The molecule has 2 amide bonds. The number of para-hydroxylation sites is 1. The van der Waals surface area contributed by atoms with Gasteiger partial charge in [-0.25, -0.2) is 0 Å². The number of hydrogen-bond donors (Lipinski definition) is 2. The predicted octanol–water partition coefficient (Wildman–Crippen LogP) is 2.16. The van der Waals surface area contributed by atoms with Gasteiger partial charge in [-0.1, -0.05) is 55.5 Å². The standard InChI is InChI=1S/C20H22N2O3/c1-14-12-22(17-11-7-6-10-16(14)17)19(24)18(23)21-13-20(2,25)15-8-4-3-5-9-15/h3-11,14,25H,12-13H2,1-2H3,(H,21,23). The van der Waals surface area contributed by atoms with E-state index >= 15 is 0 Å². The van der Waals surface area contributed by atoms with Gasteiger partial charge < -0.3 is 15.3 Å². The quantitative estimate of drug-likeness (QED) is 0.843. The average molecular weight is 338 g/mol. The molecule has 3 rings (SSSR count). The van der Waals surface area contributed by atoms with Crippen molar-refractivity contribution in [1.82, 2.24) is 5.32 Å². The van der Waals surface area contributed by atoms with Crippen molar-refractivity contribution in [1.29, 1.82) is 0 Å². The second-order valence-corrected chi connectivity index (χ2v) is 6.70. The monoisotopic (exact) mass is 338 g/mol. The van der Waals surface area contributed by atoms with Crippen molar-refractivity contribution in [2.75, 3.05) is 18.0 Å². The van der Waals surface area contributed by atoms with Crippen molar-refractivity contribution in [3.63, 3.8) is 0 Å². The number of nitrogens with zero attached hydrogens (tertiary/aromatic N) is 1. The van der Waals surface area contributed by atoms with Crippen LogP contribution in [0.4, 0.5) is 5.69 Å². The summed E-state index contributed by atoms with van der Waals surface area (Å²) in [5.74, 6) is -1.11. The lowest BCUT2D eigenvalue weighted by Gasteiger charge is -2.25. The normalized spacial score (nSPS) is 18.4. The van der Waals surface area contributed by atoms with Crippen molar-refractivity contribution in [2.24, 2.45) is 0 Å². The molecule has 1 heterocycles. The van der Waals surface area contributed by atoms with Gasteiger partial charge in [0, 0.05) is 18.2 Å². The lowest BCUT2D eigenvalue weighted by atomic mass is 9.96. The highest BCUT2D eigenvalue weighted by Gasteiger charge is 2.33. The molecule has 2 N–H and O–H groups in total. The SMILES string of the molecule is CC1CN(C(=O)C(=O)NCC(C)(O)c2ccccc2)c2ccccc21. The highest BCUT2D eigenvalue weighted by Crippen LogP contribution is 2.35. The molecule has 2 unspecified atom stereocenters. The molecule has 2 aromatic rings. The van der Waals surface area contributed by atoms with Crippen molar-refractivity contribution in [3.8, 4) is 0 Å². The molecule has 5 nitrogen and oxygen atoms in total. The topological polar surface area (TPSA) is 69.6 Å². The van der Waals surface area contributed by atoms with Crippen LogP contribution in [0.15, 0.2) is 54.6 Å². The fourth-order valence-electron chi connectivity index (χ4n) is 3.16. The van der Waals surface area contributed by atoms with E-state index in [0.29, 0.717) is 12.1 Å². The number of amides is 2. The molecule has 0 bridgehead atoms. The van der Waals surface area contributed by atoms with Crippen LogP contribution in [0.3, 0.4) is 0 Å². The minimum Gasteiger partial charge on any atom is -0.384 e. The molecule has 5 heteroatoms. The Morgan fingerprint density at radius 2 is 1.80 bits per heavy atom. The maximum atomic E-state index is 12.5. The first kappa shape index (κ1) is 17.2. The van der Waals surface area contributed by atoms with Crippen molar-refractivity contribution >= 4 is 17.5 Å². The zero-order valence-electron chi connectivity index (χ0n) is 14.4. The third kappa shape index (κ3) is 3.42. The number of hydrogen-bond acceptors (Lipinski definition) is 3. The van der Waals surface area contributed by atoms with E-state index in [9.17, 15) is 14.7 Å². The molecule has 0 aliphatic carbocycles. The van der Waals surface area contributed by atoms with Crippen molar-refractivity contribution in [3.05, 3.63) is 65.7 Å². The van der Waals surface area contributed by atoms with Gasteiger partial charge in [0.2, 0.25) is 0 Å². The molecule has 1 aliphatic heterocycles. The van der Waals surface area contributed by atoms with Crippen LogP contribution >= 0.6 is 0 Å². The Bertz CT molecular complexity index is 787. The van der Waals surface area contributed by atoms with E-state index in [1.165, 1.54) is 4.90 Å². The molecule has 0 saturated carbocycles. The Morgan fingerprint density at radius 3 is 2.52 bits per heavy atom. The second kappa shape index (κ2) is 6.69. The number of anilines is 1. The van der Waals surface area contributed by atoms with E-state index in [1.807, 2.05) is 49.4 Å². The molecule has 130 valence electrons. The van der Waals surface area contributed by atoms with Gasteiger partial charge in [0.05, 0.1) is 6.54 Å². The summed E-state index contributed by atoms with van der Waals surface area (Å²) in [7, 11) is 0. The van der Waals surface area contributed by atoms with Crippen LogP contribution in [0.1, 0.15) is 30.9 Å². The number of nitrogens with one attached hydrogen (secondary N) is 1. The molecule has 0 aromatic heterocycles. The number of carbonyl (C=O) groups excluding carboxylic acids is 2. The zero-order valence-corrected chi connectivity index (χ0v) is 14.4. The fourth-order valence-corrected chi connectivity index (χ4v) is 3.16. The van der Waals surface area contributed by atoms with Gasteiger partial charge in [-0.2, -0.15) is 0 Å². The summed E-state index contributed by atoms with van der Waals surface area (Å²) in [6.45, 7) is 4.10. The van der Waals surface area contributed by atoms with Crippen LogP contribution in [0, 0.1) is 0 Å². The molecule has 2 aromatic carbocycles. The predicted molar refractivity (Wildman–Crippen MR) is 96.2 cm³/mol. The Kier molecular flexibility index (Phi) is 4.59. The fraction of sp³-hybridized carbons (Fsp3) is 0.300. The summed E-state index contributed by atoms with van der Waals surface area (Å²) in [5, 5.41) is 13.1. The van der Waals surface area contributed by atoms with E-state index < -0.39 is 17.4 Å². The lowest BCUT2D eigenvalue weighted by molar-refractivity contribution is -0.138. The van der Waals surface area contributed by atoms with Crippen LogP contribution in [0.5, 0.6) is 0 Å².